The average Bonchev–Trinajstić information content (AvgIpc) is 2.42. The minimum absolute atomic E-state index is 0.0184. The first-order valence-corrected chi connectivity index (χ1v) is 7.65. The van der Waals surface area contributed by atoms with Gasteiger partial charge in [0.25, 0.3) is 5.91 Å². The Morgan fingerprint density at radius 1 is 1.50 bits per heavy atom. The molecular formula is C15H21BrN2O2. The molecule has 1 amide bonds. The summed E-state index contributed by atoms with van der Waals surface area (Å²) < 4.78 is 5.97. The first kappa shape index (κ1) is 15.3. The monoisotopic (exact) mass is 340 g/mol. The highest BCUT2D eigenvalue weighted by Gasteiger charge is 2.24. The van der Waals surface area contributed by atoms with E-state index in [0.717, 1.165) is 29.6 Å². The van der Waals surface area contributed by atoms with Crippen LogP contribution in [0.2, 0.25) is 0 Å². The number of benzene rings is 1. The minimum Gasteiger partial charge on any atom is -0.496 e. The van der Waals surface area contributed by atoms with Crippen molar-refractivity contribution >= 4 is 21.8 Å². The largest absolute Gasteiger partial charge is 0.496 e. The van der Waals surface area contributed by atoms with Crippen molar-refractivity contribution in [2.24, 2.45) is 0 Å². The Morgan fingerprint density at radius 3 is 2.85 bits per heavy atom. The number of hydrogen-bond donors (Lipinski definition) is 1. The van der Waals surface area contributed by atoms with Crippen LogP contribution in [-0.2, 0) is 0 Å². The van der Waals surface area contributed by atoms with Crippen molar-refractivity contribution in [2.45, 2.75) is 31.8 Å². The van der Waals surface area contributed by atoms with Crippen molar-refractivity contribution < 1.29 is 9.53 Å². The lowest BCUT2D eigenvalue weighted by Crippen LogP contribution is -2.47. The van der Waals surface area contributed by atoms with Gasteiger partial charge in [-0.3, -0.25) is 4.79 Å². The fourth-order valence-corrected chi connectivity index (χ4v) is 3.04. The quantitative estimate of drug-likeness (QED) is 0.919. The fraction of sp³-hybridized carbons (Fsp3) is 0.533. The van der Waals surface area contributed by atoms with Gasteiger partial charge < -0.3 is 15.0 Å². The predicted octanol–water partition coefficient (Wildman–Crippen LogP) is 2.67. The van der Waals surface area contributed by atoms with Gasteiger partial charge in [0, 0.05) is 24.2 Å². The molecule has 0 saturated carbocycles. The predicted molar refractivity (Wildman–Crippen MR) is 83.3 cm³/mol. The fourth-order valence-electron chi connectivity index (χ4n) is 2.50. The Morgan fingerprint density at radius 2 is 2.25 bits per heavy atom. The zero-order chi connectivity index (χ0) is 14.7. The summed E-state index contributed by atoms with van der Waals surface area (Å²) in [5.74, 6) is 0.713. The minimum atomic E-state index is -0.0184. The third-order valence-corrected chi connectivity index (χ3v) is 4.58. The third-order valence-electron chi connectivity index (χ3n) is 3.96. The zero-order valence-corrected chi connectivity index (χ0v) is 13.7. The highest BCUT2D eigenvalue weighted by molar-refractivity contribution is 9.10. The lowest BCUT2D eigenvalue weighted by Gasteiger charge is -2.35. The Kier molecular flexibility index (Phi) is 5.05. The van der Waals surface area contributed by atoms with E-state index in [9.17, 15) is 4.79 Å². The maximum Gasteiger partial charge on any atom is 0.251 e. The second-order valence-corrected chi connectivity index (χ2v) is 6.23. The number of ether oxygens (including phenoxy) is 1. The standard InChI is InChI=1S/C15H21BrN2O2/c1-10-8-12(6-7-18(10)2)17-15(19)11-4-5-14(20-3)13(16)9-11/h4-5,9-10,12H,6-8H2,1-3H3,(H,17,19). The van der Waals surface area contributed by atoms with E-state index < -0.39 is 0 Å². The molecule has 0 aromatic heterocycles. The summed E-state index contributed by atoms with van der Waals surface area (Å²) in [6.45, 7) is 3.22. The highest BCUT2D eigenvalue weighted by atomic mass is 79.9. The number of halogens is 1. The Bertz CT molecular complexity index is 493. The first-order chi connectivity index (χ1) is 9.51. The number of methoxy groups -OCH3 is 1. The molecule has 4 nitrogen and oxygen atoms in total. The molecule has 1 aromatic rings. The summed E-state index contributed by atoms with van der Waals surface area (Å²) in [7, 11) is 3.74. The lowest BCUT2D eigenvalue weighted by molar-refractivity contribution is 0.0896. The number of carbonyl (C=O) groups excluding carboxylic acids is 1. The van der Waals surface area contributed by atoms with Crippen LogP contribution in [0.3, 0.4) is 0 Å². The van der Waals surface area contributed by atoms with Crippen molar-refractivity contribution in [1.29, 1.82) is 0 Å². The number of carbonyl (C=O) groups is 1. The maximum absolute atomic E-state index is 12.3. The van der Waals surface area contributed by atoms with Gasteiger partial charge >= 0.3 is 0 Å². The van der Waals surface area contributed by atoms with E-state index in [2.05, 4.69) is 40.1 Å². The van der Waals surface area contributed by atoms with Crippen molar-refractivity contribution in [2.75, 3.05) is 20.7 Å². The maximum atomic E-state index is 12.3. The first-order valence-electron chi connectivity index (χ1n) is 6.86. The molecule has 0 radical (unpaired) electrons. The van der Waals surface area contributed by atoms with Crippen molar-refractivity contribution in [3.8, 4) is 5.75 Å². The van der Waals surface area contributed by atoms with Gasteiger partial charge in [0.05, 0.1) is 11.6 Å². The van der Waals surface area contributed by atoms with E-state index in [1.807, 2.05) is 0 Å². The number of hydrogen-bond acceptors (Lipinski definition) is 3. The summed E-state index contributed by atoms with van der Waals surface area (Å²) in [5.41, 5.74) is 0.657. The van der Waals surface area contributed by atoms with Crippen LogP contribution in [0.1, 0.15) is 30.1 Å². The molecule has 2 rings (SSSR count). The van der Waals surface area contributed by atoms with Gasteiger partial charge in [-0.25, -0.2) is 0 Å². The molecule has 1 N–H and O–H groups in total. The van der Waals surface area contributed by atoms with Crippen molar-refractivity contribution in [3.63, 3.8) is 0 Å². The van der Waals surface area contributed by atoms with Gasteiger partial charge in [-0.05, 0) is 60.9 Å². The van der Waals surface area contributed by atoms with E-state index in [0.29, 0.717) is 11.6 Å². The van der Waals surface area contributed by atoms with Crippen LogP contribution in [0, 0.1) is 0 Å². The SMILES string of the molecule is COc1ccc(C(=O)NC2CCN(C)C(C)C2)cc1Br. The molecule has 20 heavy (non-hydrogen) atoms. The third kappa shape index (κ3) is 3.52. The Hall–Kier alpha value is -1.07. The van der Waals surface area contributed by atoms with Crippen LogP contribution in [0.4, 0.5) is 0 Å². The number of nitrogens with zero attached hydrogens (tertiary/aromatic N) is 1. The van der Waals surface area contributed by atoms with Gasteiger partial charge in [-0.2, -0.15) is 0 Å². The van der Waals surface area contributed by atoms with Crippen LogP contribution in [0.25, 0.3) is 0 Å². The molecule has 1 aliphatic rings. The Labute approximate surface area is 128 Å². The summed E-state index contributed by atoms with van der Waals surface area (Å²) in [5, 5.41) is 3.12. The molecule has 0 spiro atoms. The number of amides is 1. The van der Waals surface area contributed by atoms with Gasteiger partial charge in [-0.1, -0.05) is 0 Å². The topological polar surface area (TPSA) is 41.6 Å². The van der Waals surface area contributed by atoms with E-state index in [1.165, 1.54) is 0 Å². The number of rotatable bonds is 3. The van der Waals surface area contributed by atoms with E-state index in [4.69, 9.17) is 4.74 Å². The summed E-state index contributed by atoms with van der Waals surface area (Å²) in [4.78, 5) is 14.6. The molecular weight excluding hydrogens is 320 g/mol. The smallest absolute Gasteiger partial charge is 0.251 e. The van der Waals surface area contributed by atoms with Gasteiger partial charge in [-0.15, -0.1) is 0 Å². The van der Waals surface area contributed by atoms with Crippen molar-refractivity contribution in [3.05, 3.63) is 28.2 Å². The molecule has 1 heterocycles. The van der Waals surface area contributed by atoms with Crippen LogP contribution < -0.4 is 10.1 Å². The van der Waals surface area contributed by atoms with Crippen molar-refractivity contribution in [1.82, 2.24) is 10.2 Å². The molecule has 1 aromatic carbocycles. The average molecular weight is 341 g/mol. The summed E-state index contributed by atoms with van der Waals surface area (Å²) in [6, 6.07) is 6.16. The molecule has 1 saturated heterocycles. The number of likely N-dealkylation sites (tertiary alicyclic amines) is 1. The van der Waals surface area contributed by atoms with Crippen LogP contribution in [0.5, 0.6) is 5.75 Å². The Balaban J connectivity index is 2.00. The molecule has 2 atom stereocenters. The normalized spacial score (nSPS) is 23.4. The molecule has 1 aliphatic heterocycles. The number of piperidine rings is 1. The van der Waals surface area contributed by atoms with Crippen LogP contribution in [0.15, 0.2) is 22.7 Å². The molecule has 0 bridgehead atoms. The second-order valence-electron chi connectivity index (χ2n) is 5.37. The molecule has 0 aliphatic carbocycles. The lowest BCUT2D eigenvalue weighted by atomic mass is 9.98. The van der Waals surface area contributed by atoms with E-state index in [1.54, 1.807) is 25.3 Å². The molecule has 5 heteroatoms. The second kappa shape index (κ2) is 6.59. The molecule has 2 unspecified atom stereocenters. The van der Waals surface area contributed by atoms with Crippen LogP contribution in [-0.4, -0.2) is 43.6 Å². The van der Waals surface area contributed by atoms with Crippen LogP contribution >= 0.6 is 15.9 Å². The van der Waals surface area contributed by atoms with Gasteiger partial charge in [0.2, 0.25) is 0 Å². The summed E-state index contributed by atoms with van der Waals surface area (Å²) in [6.07, 6.45) is 2.00. The summed E-state index contributed by atoms with van der Waals surface area (Å²) >= 11 is 3.41. The molecule has 110 valence electrons. The highest BCUT2D eigenvalue weighted by Crippen LogP contribution is 2.25. The molecule has 1 fully saturated rings. The number of nitrogens with one attached hydrogen (secondary N) is 1. The van der Waals surface area contributed by atoms with E-state index >= 15 is 0 Å². The zero-order valence-electron chi connectivity index (χ0n) is 12.1. The van der Waals surface area contributed by atoms with Gasteiger partial charge in [0.1, 0.15) is 5.75 Å². The van der Waals surface area contributed by atoms with Gasteiger partial charge in [0.15, 0.2) is 0 Å². The van der Waals surface area contributed by atoms with E-state index in [-0.39, 0.29) is 11.9 Å².